The molecule has 80 valence electrons. The van der Waals surface area contributed by atoms with E-state index >= 15 is 0 Å². The quantitative estimate of drug-likeness (QED) is 0.530. The molecule has 2 amide bonds. The second-order valence-electron chi connectivity index (χ2n) is 2.16. The standard InChI is InChI=1S/C7H10N2O2.C2H6O/c8-6(10)4-2-1-3-5-7(9)11;1-2-3/h2-5H,1H2,(H2,8,10)(H2,9,11);3H,2H2,1H3. The van der Waals surface area contributed by atoms with E-state index in [9.17, 15) is 9.59 Å². The van der Waals surface area contributed by atoms with E-state index in [4.69, 9.17) is 16.6 Å². The Balaban J connectivity index is 0. The van der Waals surface area contributed by atoms with Gasteiger partial charge in [-0.2, -0.15) is 0 Å². The van der Waals surface area contributed by atoms with Crippen LogP contribution >= 0.6 is 0 Å². The highest BCUT2D eigenvalue weighted by molar-refractivity contribution is 5.86. The van der Waals surface area contributed by atoms with Gasteiger partial charge in [-0.25, -0.2) is 0 Å². The lowest BCUT2D eigenvalue weighted by Gasteiger charge is -1.80. The van der Waals surface area contributed by atoms with Gasteiger partial charge in [0.15, 0.2) is 0 Å². The molecule has 0 heterocycles. The van der Waals surface area contributed by atoms with Crippen LogP contribution in [0, 0.1) is 0 Å². The Morgan fingerprint density at radius 3 is 1.64 bits per heavy atom. The molecule has 0 saturated carbocycles. The van der Waals surface area contributed by atoms with Gasteiger partial charge in [0.1, 0.15) is 0 Å². The zero-order valence-electron chi connectivity index (χ0n) is 8.14. The van der Waals surface area contributed by atoms with E-state index in [2.05, 4.69) is 0 Å². The minimum absolute atomic E-state index is 0.250. The molecule has 0 fully saturated rings. The molecule has 0 aromatic heterocycles. The number of carbonyl (C=O) groups excluding carboxylic acids is 2. The third-order valence-electron chi connectivity index (χ3n) is 0.836. The largest absolute Gasteiger partial charge is 0.397 e. The molecule has 5 N–H and O–H groups in total. The monoisotopic (exact) mass is 200 g/mol. The molecule has 0 aliphatic heterocycles. The first-order valence-corrected chi connectivity index (χ1v) is 4.07. The van der Waals surface area contributed by atoms with Gasteiger partial charge in [0.05, 0.1) is 0 Å². The number of carbonyl (C=O) groups is 2. The Labute approximate surface area is 83.1 Å². The number of allylic oxidation sites excluding steroid dienone is 2. The van der Waals surface area contributed by atoms with Crippen LogP contribution in [0.5, 0.6) is 0 Å². The van der Waals surface area contributed by atoms with Crippen molar-refractivity contribution in [3.8, 4) is 0 Å². The molecule has 0 bridgehead atoms. The molecule has 0 aliphatic carbocycles. The zero-order valence-corrected chi connectivity index (χ0v) is 8.14. The fourth-order valence-electron chi connectivity index (χ4n) is 0.447. The van der Waals surface area contributed by atoms with Crippen LogP contribution in [0.2, 0.25) is 0 Å². The minimum atomic E-state index is -0.502. The summed E-state index contributed by atoms with van der Waals surface area (Å²) in [4.78, 5) is 20.2. The van der Waals surface area contributed by atoms with Crippen LogP contribution in [0.4, 0.5) is 0 Å². The Bertz CT molecular complexity index is 200. The van der Waals surface area contributed by atoms with Gasteiger partial charge in [-0.1, -0.05) is 12.2 Å². The highest BCUT2D eigenvalue weighted by Gasteiger charge is 1.81. The van der Waals surface area contributed by atoms with Crippen LogP contribution in [0.25, 0.3) is 0 Å². The lowest BCUT2D eigenvalue weighted by Crippen LogP contribution is -2.05. The van der Waals surface area contributed by atoms with Gasteiger partial charge in [-0.15, -0.1) is 0 Å². The lowest BCUT2D eigenvalue weighted by atomic mass is 10.3. The summed E-state index contributed by atoms with van der Waals surface area (Å²) in [6.07, 6.45) is 6.02. The lowest BCUT2D eigenvalue weighted by molar-refractivity contribution is -0.114. The average Bonchev–Trinajstić information content (AvgIpc) is 2.04. The van der Waals surface area contributed by atoms with Gasteiger partial charge in [0, 0.05) is 6.61 Å². The highest BCUT2D eigenvalue weighted by Crippen LogP contribution is 1.84. The number of hydrogen-bond donors (Lipinski definition) is 3. The molecule has 0 aromatic rings. The zero-order chi connectivity index (χ0) is 11.4. The van der Waals surface area contributed by atoms with Crippen molar-refractivity contribution in [2.24, 2.45) is 11.5 Å². The SMILES string of the molecule is CCO.NC(=O)C=CCC=CC(N)=O. The third kappa shape index (κ3) is 22.4. The number of rotatable bonds is 4. The van der Waals surface area contributed by atoms with E-state index in [1.54, 1.807) is 19.1 Å². The number of amides is 2. The van der Waals surface area contributed by atoms with Crippen molar-refractivity contribution in [1.82, 2.24) is 0 Å². The van der Waals surface area contributed by atoms with Crippen molar-refractivity contribution < 1.29 is 14.7 Å². The maximum absolute atomic E-state index is 10.1. The van der Waals surface area contributed by atoms with Gasteiger partial charge >= 0.3 is 0 Å². The summed E-state index contributed by atoms with van der Waals surface area (Å²) in [5, 5.41) is 7.57. The maximum atomic E-state index is 10.1. The first-order chi connectivity index (χ1) is 6.54. The summed E-state index contributed by atoms with van der Waals surface area (Å²) in [5.74, 6) is -1.00. The van der Waals surface area contributed by atoms with Gasteiger partial charge in [-0.05, 0) is 25.5 Å². The van der Waals surface area contributed by atoms with E-state index in [-0.39, 0.29) is 6.61 Å². The summed E-state index contributed by atoms with van der Waals surface area (Å²) in [6, 6.07) is 0. The molecular formula is C9H16N2O3. The normalized spacial score (nSPS) is 9.86. The van der Waals surface area contributed by atoms with Gasteiger partial charge in [-0.3, -0.25) is 9.59 Å². The molecular weight excluding hydrogens is 184 g/mol. The molecule has 14 heavy (non-hydrogen) atoms. The van der Waals surface area contributed by atoms with E-state index in [1.807, 2.05) is 0 Å². The van der Waals surface area contributed by atoms with Gasteiger partial charge < -0.3 is 16.6 Å². The molecule has 5 nitrogen and oxygen atoms in total. The predicted molar refractivity (Wildman–Crippen MR) is 54.0 cm³/mol. The number of aliphatic hydroxyl groups is 1. The van der Waals surface area contributed by atoms with Crippen molar-refractivity contribution >= 4 is 11.8 Å². The maximum Gasteiger partial charge on any atom is 0.241 e. The first kappa shape index (κ1) is 14.9. The van der Waals surface area contributed by atoms with Crippen LogP contribution in [0.1, 0.15) is 13.3 Å². The second kappa shape index (κ2) is 11.4. The van der Waals surface area contributed by atoms with Gasteiger partial charge in [0.25, 0.3) is 0 Å². The fraction of sp³-hybridized carbons (Fsp3) is 0.333. The molecule has 0 radical (unpaired) electrons. The Kier molecular flexibility index (Phi) is 12.1. The highest BCUT2D eigenvalue weighted by atomic mass is 16.2. The molecule has 0 atom stereocenters. The minimum Gasteiger partial charge on any atom is -0.397 e. The first-order valence-electron chi connectivity index (χ1n) is 4.07. The number of primary amides is 2. The molecule has 0 aromatic carbocycles. The molecule has 0 spiro atoms. The van der Waals surface area contributed by atoms with Crippen LogP contribution in [0.15, 0.2) is 24.3 Å². The molecule has 0 aliphatic rings. The summed E-state index contributed by atoms with van der Waals surface area (Å²) in [6.45, 7) is 1.93. The van der Waals surface area contributed by atoms with Crippen molar-refractivity contribution in [2.75, 3.05) is 6.61 Å². The average molecular weight is 200 g/mol. The van der Waals surface area contributed by atoms with Crippen molar-refractivity contribution in [3.63, 3.8) is 0 Å². The van der Waals surface area contributed by atoms with Crippen LogP contribution < -0.4 is 11.5 Å². The fourth-order valence-corrected chi connectivity index (χ4v) is 0.447. The summed E-state index contributed by atoms with van der Waals surface area (Å²) < 4.78 is 0. The van der Waals surface area contributed by atoms with Crippen molar-refractivity contribution in [2.45, 2.75) is 13.3 Å². The topological polar surface area (TPSA) is 106 Å². The van der Waals surface area contributed by atoms with E-state index in [1.165, 1.54) is 12.2 Å². The Morgan fingerprint density at radius 2 is 1.43 bits per heavy atom. The number of hydrogen-bond acceptors (Lipinski definition) is 3. The summed E-state index contributed by atoms with van der Waals surface area (Å²) in [5.41, 5.74) is 9.59. The number of nitrogens with two attached hydrogens (primary N) is 2. The summed E-state index contributed by atoms with van der Waals surface area (Å²) in [7, 11) is 0. The van der Waals surface area contributed by atoms with E-state index in [0.29, 0.717) is 6.42 Å². The van der Waals surface area contributed by atoms with Gasteiger partial charge in [0.2, 0.25) is 11.8 Å². The van der Waals surface area contributed by atoms with Crippen LogP contribution in [0.3, 0.4) is 0 Å². The number of aliphatic hydroxyl groups excluding tert-OH is 1. The van der Waals surface area contributed by atoms with Crippen LogP contribution in [-0.2, 0) is 9.59 Å². The van der Waals surface area contributed by atoms with E-state index in [0.717, 1.165) is 0 Å². The molecule has 0 unspecified atom stereocenters. The third-order valence-corrected chi connectivity index (χ3v) is 0.836. The second-order valence-corrected chi connectivity index (χ2v) is 2.16. The Morgan fingerprint density at radius 1 is 1.14 bits per heavy atom. The smallest absolute Gasteiger partial charge is 0.241 e. The van der Waals surface area contributed by atoms with E-state index < -0.39 is 11.8 Å². The predicted octanol–water partition coefficient (Wildman–Crippen LogP) is -0.542. The van der Waals surface area contributed by atoms with Crippen LogP contribution in [-0.4, -0.2) is 23.5 Å². The van der Waals surface area contributed by atoms with Crippen molar-refractivity contribution in [3.05, 3.63) is 24.3 Å². The molecule has 0 rings (SSSR count). The molecule has 5 heteroatoms. The van der Waals surface area contributed by atoms with Crippen molar-refractivity contribution in [1.29, 1.82) is 0 Å². The Hall–Kier alpha value is -1.62. The molecule has 0 saturated heterocycles. The summed E-state index contributed by atoms with van der Waals surface area (Å²) >= 11 is 0.